The summed E-state index contributed by atoms with van der Waals surface area (Å²) >= 11 is 15.7. The number of rotatable bonds is 11. The molecule has 1 N–H and O–H groups in total. The van der Waals surface area contributed by atoms with E-state index in [1.54, 1.807) is 36.4 Å². The van der Waals surface area contributed by atoms with Gasteiger partial charge in [0.05, 0.1) is 17.5 Å². The second kappa shape index (κ2) is 12.2. The van der Waals surface area contributed by atoms with Gasteiger partial charge >= 0.3 is 5.97 Å². The third-order valence-corrected chi connectivity index (χ3v) is 7.58. The Balaban J connectivity index is 1.47. The Labute approximate surface area is 246 Å². The van der Waals surface area contributed by atoms with Gasteiger partial charge in [-0.25, -0.2) is 14.7 Å². The minimum Gasteiger partial charge on any atom is -0.442 e. The van der Waals surface area contributed by atoms with Crippen LogP contribution in [-0.2, 0) is 30.3 Å². The molecule has 5 amide bonds. The second-order valence-electron chi connectivity index (χ2n) is 8.75. The van der Waals surface area contributed by atoms with Crippen molar-refractivity contribution in [2.75, 3.05) is 12.6 Å². The lowest BCUT2D eigenvalue weighted by Crippen LogP contribution is -2.75. The van der Waals surface area contributed by atoms with Crippen LogP contribution in [0.5, 0.6) is 0 Å². The summed E-state index contributed by atoms with van der Waals surface area (Å²) in [5.41, 5.74) is 1.91. The molecular weight excluding hydrogens is 631 g/mol. The van der Waals surface area contributed by atoms with Crippen molar-refractivity contribution in [2.24, 2.45) is 0 Å². The Bertz CT molecular complexity index is 1390. The highest BCUT2D eigenvalue weighted by Crippen LogP contribution is 2.33. The van der Waals surface area contributed by atoms with Gasteiger partial charge in [-0.1, -0.05) is 58.4 Å². The number of ether oxygens (including phenoxy) is 1. The molecule has 2 heterocycles. The number of carbonyl (C=O) groups excluding carboxylic acids is 6. The molecule has 3 atom stereocenters. The zero-order valence-corrected chi connectivity index (χ0v) is 23.7. The van der Waals surface area contributed by atoms with Crippen LogP contribution in [0.1, 0.15) is 26.3 Å². The van der Waals surface area contributed by atoms with Crippen LogP contribution in [0.3, 0.4) is 0 Å². The average molecular weight is 652 g/mol. The standard InChI is InChI=1S/C26H21BrCl2N4O7/c1-14(11-28)20(26(39)40-13-31-23(36)17-7-2-3-8-18(17)24(31)37)32-22(29)21(25(32)38)33(30-12-34)19(35)10-15-5-4-6-16(27)9-15/h2-9,12,20-22H,1,10-11,13H2,(H,30,34). The van der Waals surface area contributed by atoms with Crippen molar-refractivity contribution in [1.82, 2.24) is 20.2 Å². The van der Waals surface area contributed by atoms with Crippen LogP contribution >= 0.6 is 39.1 Å². The second-order valence-corrected chi connectivity index (χ2v) is 10.4. The molecule has 2 aromatic carbocycles. The minimum absolute atomic E-state index is 0.0434. The van der Waals surface area contributed by atoms with Gasteiger partial charge in [-0.2, -0.15) is 0 Å². The Morgan fingerprint density at radius 3 is 2.33 bits per heavy atom. The first-order valence-electron chi connectivity index (χ1n) is 11.7. The Kier molecular flexibility index (Phi) is 8.92. The topological polar surface area (TPSA) is 133 Å². The first-order chi connectivity index (χ1) is 19.1. The fourth-order valence-corrected chi connectivity index (χ4v) is 5.37. The molecule has 1 saturated heterocycles. The van der Waals surface area contributed by atoms with Gasteiger partial charge < -0.3 is 9.64 Å². The summed E-state index contributed by atoms with van der Waals surface area (Å²) in [5, 5.41) is 0.801. The molecule has 2 aliphatic rings. The van der Waals surface area contributed by atoms with Crippen LogP contribution in [0.2, 0.25) is 0 Å². The van der Waals surface area contributed by atoms with Gasteiger partial charge in [0.2, 0.25) is 12.3 Å². The summed E-state index contributed by atoms with van der Waals surface area (Å²) in [4.78, 5) is 77.5. The lowest BCUT2D eigenvalue weighted by Gasteiger charge is -2.50. The molecule has 208 valence electrons. The number of hydrogen-bond acceptors (Lipinski definition) is 7. The van der Waals surface area contributed by atoms with E-state index < -0.39 is 53.9 Å². The number of imide groups is 1. The van der Waals surface area contributed by atoms with Gasteiger partial charge in [-0.05, 0) is 35.4 Å². The number of esters is 1. The molecule has 2 aromatic rings. The average Bonchev–Trinajstić information content (AvgIpc) is 3.18. The van der Waals surface area contributed by atoms with Crippen LogP contribution < -0.4 is 5.43 Å². The van der Waals surface area contributed by atoms with Gasteiger partial charge in [-0.3, -0.25) is 29.4 Å². The number of benzene rings is 2. The quantitative estimate of drug-likeness (QED) is 0.0576. The fraction of sp³-hybridized carbons (Fsp3) is 0.231. The van der Waals surface area contributed by atoms with E-state index in [9.17, 15) is 28.8 Å². The highest BCUT2D eigenvalue weighted by atomic mass is 79.9. The zero-order chi connectivity index (χ0) is 29.1. The van der Waals surface area contributed by atoms with E-state index in [2.05, 4.69) is 27.9 Å². The van der Waals surface area contributed by atoms with E-state index in [4.69, 9.17) is 27.9 Å². The van der Waals surface area contributed by atoms with Gasteiger partial charge in [0, 0.05) is 10.4 Å². The molecule has 0 spiro atoms. The van der Waals surface area contributed by atoms with Crippen molar-refractivity contribution in [3.8, 4) is 0 Å². The van der Waals surface area contributed by atoms with Crippen molar-refractivity contribution in [2.45, 2.75) is 24.0 Å². The van der Waals surface area contributed by atoms with Gasteiger partial charge in [-0.15, -0.1) is 11.6 Å². The molecule has 4 rings (SSSR count). The maximum atomic E-state index is 13.3. The van der Waals surface area contributed by atoms with E-state index in [0.29, 0.717) is 5.56 Å². The molecule has 14 heteroatoms. The molecule has 40 heavy (non-hydrogen) atoms. The normalized spacial score (nSPS) is 18.5. The number of likely N-dealkylation sites (tertiary alicyclic amines) is 1. The van der Waals surface area contributed by atoms with E-state index in [0.717, 1.165) is 19.3 Å². The monoisotopic (exact) mass is 650 g/mol. The highest BCUT2D eigenvalue weighted by Gasteiger charge is 2.56. The molecule has 0 bridgehead atoms. The Morgan fingerprint density at radius 1 is 1.12 bits per heavy atom. The summed E-state index contributed by atoms with van der Waals surface area (Å²) in [6.07, 6.45) is 0.0672. The number of carbonyl (C=O) groups is 6. The van der Waals surface area contributed by atoms with Crippen LogP contribution in [0.15, 0.2) is 65.2 Å². The van der Waals surface area contributed by atoms with Crippen molar-refractivity contribution in [3.05, 3.63) is 81.8 Å². The van der Waals surface area contributed by atoms with Crippen LogP contribution in [0.4, 0.5) is 0 Å². The number of fused-ring (bicyclic) bond motifs is 1. The first-order valence-corrected chi connectivity index (χ1v) is 13.4. The molecular formula is C26H21BrCl2N4O7. The number of nitrogens with zero attached hydrogens (tertiary/aromatic N) is 3. The number of hydrogen-bond donors (Lipinski definition) is 1. The molecule has 2 aliphatic heterocycles. The number of halogens is 3. The first kappa shape index (κ1) is 29.2. The molecule has 0 aromatic heterocycles. The summed E-state index contributed by atoms with van der Waals surface area (Å²) in [6, 6.07) is 10.2. The Hall–Kier alpha value is -3.74. The fourth-order valence-electron chi connectivity index (χ4n) is 4.35. The van der Waals surface area contributed by atoms with Crippen LogP contribution in [-0.4, -0.2) is 81.0 Å². The molecule has 0 aliphatic carbocycles. The molecule has 3 unspecified atom stereocenters. The molecule has 0 saturated carbocycles. The number of β-lactam (4-membered cyclic amide) rings is 1. The number of alkyl halides is 2. The highest BCUT2D eigenvalue weighted by molar-refractivity contribution is 9.10. The smallest absolute Gasteiger partial charge is 0.335 e. The van der Waals surface area contributed by atoms with Crippen molar-refractivity contribution >= 4 is 75.1 Å². The molecule has 1 fully saturated rings. The van der Waals surface area contributed by atoms with Gasteiger partial charge in [0.25, 0.3) is 17.7 Å². The largest absolute Gasteiger partial charge is 0.442 e. The number of hydrazine groups is 1. The lowest BCUT2D eigenvalue weighted by atomic mass is 9.98. The summed E-state index contributed by atoms with van der Waals surface area (Å²) in [7, 11) is 0. The maximum absolute atomic E-state index is 13.3. The van der Waals surface area contributed by atoms with E-state index in [-0.39, 0.29) is 35.4 Å². The summed E-state index contributed by atoms with van der Waals surface area (Å²) in [5.74, 6) is -4.01. The minimum atomic E-state index is -1.49. The third-order valence-electron chi connectivity index (χ3n) is 6.29. The SMILES string of the molecule is C=C(CCl)C(C(=O)OCN1C(=O)c2ccccc2C1=O)N1C(=O)C(N(NC=O)C(=O)Cc2cccc(Br)c2)C1Cl. The van der Waals surface area contributed by atoms with Crippen molar-refractivity contribution < 1.29 is 33.5 Å². The summed E-state index contributed by atoms with van der Waals surface area (Å²) in [6.45, 7) is 3.00. The van der Waals surface area contributed by atoms with Crippen LogP contribution in [0.25, 0.3) is 0 Å². The van der Waals surface area contributed by atoms with Gasteiger partial charge in [0.15, 0.2) is 18.8 Å². The van der Waals surface area contributed by atoms with Gasteiger partial charge in [0.1, 0.15) is 5.50 Å². The van der Waals surface area contributed by atoms with Crippen molar-refractivity contribution in [1.29, 1.82) is 0 Å². The van der Waals surface area contributed by atoms with E-state index in [1.165, 1.54) is 12.1 Å². The third kappa shape index (κ3) is 5.47. The number of amides is 5. The lowest BCUT2D eigenvalue weighted by molar-refractivity contribution is -0.173. The number of nitrogens with one attached hydrogen (secondary N) is 1. The van der Waals surface area contributed by atoms with Crippen LogP contribution in [0, 0.1) is 0 Å². The maximum Gasteiger partial charge on any atom is 0.335 e. The zero-order valence-electron chi connectivity index (χ0n) is 20.6. The predicted molar refractivity (Wildman–Crippen MR) is 146 cm³/mol. The van der Waals surface area contributed by atoms with E-state index in [1.807, 2.05) is 0 Å². The predicted octanol–water partition coefficient (Wildman–Crippen LogP) is 2.22. The molecule has 0 radical (unpaired) electrons. The summed E-state index contributed by atoms with van der Waals surface area (Å²) < 4.78 is 5.97. The van der Waals surface area contributed by atoms with Crippen molar-refractivity contribution in [3.63, 3.8) is 0 Å². The van der Waals surface area contributed by atoms with E-state index >= 15 is 0 Å². The molecule has 11 nitrogen and oxygen atoms in total. The Morgan fingerprint density at radius 2 is 1.77 bits per heavy atom.